The van der Waals surface area contributed by atoms with Crippen LogP contribution >= 0.6 is 0 Å². The average molecular weight is 353 g/mol. The van der Waals surface area contributed by atoms with Gasteiger partial charge in [0.2, 0.25) is 0 Å². The summed E-state index contributed by atoms with van der Waals surface area (Å²) in [6.45, 7) is 0.983. The zero-order valence-electron chi connectivity index (χ0n) is 14.6. The molecule has 5 heteroatoms. The number of hydrogen-bond donors (Lipinski definition) is 1. The van der Waals surface area contributed by atoms with E-state index in [0.717, 1.165) is 48.3 Å². The topological polar surface area (TPSA) is 56.8 Å². The van der Waals surface area contributed by atoms with E-state index in [1.54, 1.807) is 0 Å². The molecule has 0 saturated heterocycles. The second-order valence-corrected chi connectivity index (χ2v) is 6.83. The third kappa shape index (κ3) is 3.83. The Bertz CT molecular complexity index is 753. The first kappa shape index (κ1) is 16.9. The monoisotopic (exact) mass is 353 g/mol. The molecular weight excluding hydrogens is 330 g/mol. The number of nitrogens with one attached hydrogen (secondary N) is 1. The molecule has 5 nitrogen and oxygen atoms in total. The molecule has 1 fully saturated rings. The fourth-order valence-electron chi connectivity index (χ4n) is 3.47. The van der Waals surface area contributed by atoms with E-state index in [4.69, 9.17) is 14.3 Å². The van der Waals surface area contributed by atoms with Gasteiger partial charge < -0.3 is 14.3 Å². The van der Waals surface area contributed by atoms with Crippen LogP contribution in [0, 0.1) is 5.92 Å². The van der Waals surface area contributed by atoms with Gasteiger partial charge in [0, 0.05) is 0 Å². The summed E-state index contributed by atoms with van der Waals surface area (Å²) in [5.41, 5.74) is 4.89. The maximum atomic E-state index is 11.9. The van der Waals surface area contributed by atoms with Crippen molar-refractivity contribution < 1.29 is 19.1 Å². The highest BCUT2D eigenvalue weighted by molar-refractivity contribution is 5.72. The molecule has 1 N–H and O–H groups in total. The van der Waals surface area contributed by atoms with E-state index in [-0.39, 0.29) is 18.0 Å². The molecule has 2 aromatic carbocycles. The number of hydrogen-bond acceptors (Lipinski definition) is 5. The first-order chi connectivity index (χ1) is 12.8. The van der Waals surface area contributed by atoms with Crippen LogP contribution in [0.4, 0.5) is 0 Å². The summed E-state index contributed by atoms with van der Waals surface area (Å²) in [6, 6.07) is 15.8. The summed E-state index contributed by atoms with van der Waals surface area (Å²) >= 11 is 0. The number of ether oxygens (including phenoxy) is 2. The van der Waals surface area contributed by atoms with Crippen LogP contribution in [-0.2, 0) is 16.2 Å². The minimum atomic E-state index is -0.134. The smallest absolute Gasteiger partial charge is 0.327 e. The van der Waals surface area contributed by atoms with Crippen molar-refractivity contribution in [1.29, 1.82) is 0 Å². The summed E-state index contributed by atoms with van der Waals surface area (Å²) in [4.78, 5) is 17.1. The fraction of sp³-hybridized carbons (Fsp3) is 0.381. The van der Waals surface area contributed by atoms with Gasteiger partial charge in [0.25, 0.3) is 0 Å². The van der Waals surface area contributed by atoms with Crippen LogP contribution in [0.2, 0.25) is 0 Å². The number of benzene rings is 2. The lowest BCUT2D eigenvalue weighted by atomic mass is 10.1. The highest BCUT2D eigenvalue weighted by Gasteiger charge is 2.24. The summed E-state index contributed by atoms with van der Waals surface area (Å²) in [5, 5.41) is 0. The molecule has 1 aliphatic heterocycles. The van der Waals surface area contributed by atoms with Gasteiger partial charge >= 0.3 is 5.97 Å². The average Bonchev–Trinajstić information content (AvgIpc) is 3.23. The van der Waals surface area contributed by atoms with E-state index in [1.165, 1.54) is 0 Å². The third-order valence-electron chi connectivity index (χ3n) is 5.00. The fourth-order valence-corrected chi connectivity index (χ4v) is 3.47. The lowest BCUT2D eigenvalue weighted by Crippen LogP contribution is -2.24. The van der Waals surface area contributed by atoms with Crippen molar-refractivity contribution in [2.45, 2.75) is 38.3 Å². The van der Waals surface area contributed by atoms with Gasteiger partial charge in [0.05, 0.1) is 12.5 Å². The molecule has 0 radical (unpaired) electrons. The standard InChI is InChI=1S/C21H23NO4/c23-21(17-5-1-2-6-17)26-22-13-15-9-11-16(12-10-15)20-14-24-18-7-3-4-8-19(18)25-20/h3-4,7-12,17,20,22H,1-2,5-6,13-14H2/t20-/m1/s1. The number of hydroxylamine groups is 1. The first-order valence-corrected chi connectivity index (χ1v) is 9.20. The maximum Gasteiger partial charge on any atom is 0.327 e. The Morgan fingerprint density at radius 2 is 1.77 bits per heavy atom. The second-order valence-electron chi connectivity index (χ2n) is 6.83. The van der Waals surface area contributed by atoms with Gasteiger partial charge in [-0.3, -0.25) is 4.79 Å². The number of para-hydroxylation sites is 2. The lowest BCUT2D eigenvalue weighted by Gasteiger charge is -2.26. The Morgan fingerprint density at radius 1 is 1.04 bits per heavy atom. The number of rotatable bonds is 5. The quantitative estimate of drug-likeness (QED) is 0.825. The van der Waals surface area contributed by atoms with E-state index < -0.39 is 0 Å². The number of carbonyl (C=O) groups is 1. The molecule has 1 atom stereocenters. The largest absolute Gasteiger partial charge is 0.485 e. The summed E-state index contributed by atoms with van der Waals surface area (Å²) < 4.78 is 11.8. The third-order valence-corrected chi connectivity index (χ3v) is 5.00. The van der Waals surface area contributed by atoms with Crippen molar-refractivity contribution in [3.63, 3.8) is 0 Å². The van der Waals surface area contributed by atoms with Crippen LogP contribution in [0.1, 0.15) is 42.9 Å². The predicted octanol–water partition coefficient (Wildman–Crippen LogP) is 3.94. The van der Waals surface area contributed by atoms with Gasteiger partial charge in [0.15, 0.2) is 17.6 Å². The predicted molar refractivity (Wildman–Crippen MR) is 96.6 cm³/mol. The van der Waals surface area contributed by atoms with Crippen LogP contribution < -0.4 is 15.0 Å². The highest BCUT2D eigenvalue weighted by Crippen LogP contribution is 2.35. The van der Waals surface area contributed by atoms with Gasteiger partial charge in [-0.1, -0.05) is 49.2 Å². The van der Waals surface area contributed by atoms with E-state index in [1.807, 2.05) is 48.5 Å². The van der Waals surface area contributed by atoms with Crippen molar-refractivity contribution in [1.82, 2.24) is 5.48 Å². The molecule has 4 rings (SSSR count). The van der Waals surface area contributed by atoms with Crippen LogP contribution in [0.25, 0.3) is 0 Å². The van der Waals surface area contributed by atoms with Gasteiger partial charge in [0.1, 0.15) is 6.61 Å². The van der Waals surface area contributed by atoms with Crippen LogP contribution in [0.3, 0.4) is 0 Å². The molecule has 0 unspecified atom stereocenters. The van der Waals surface area contributed by atoms with Gasteiger partial charge in [-0.05, 0) is 36.1 Å². The Balaban J connectivity index is 1.29. The van der Waals surface area contributed by atoms with E-state index in [9.17, 15) is 4.79 Å². The molecule has 2 aromatic rings. The van der Waals surface area contributed by atoms with E-state index in [0.29, 0.717) is 13.2 Å². The minimum absolute atomic E-state index is 0.0659. The molecular formula is C21H23NO4. The molecule has 2 aliphatic rings. The van der Waals surface area contributed by atoms with Gasteiger partial charge in [-0.15, -0.1) is 5.48 Å². The lowest BCUT2D eigenvalue weighted by molar-refractivity contribution is -0.156. The van der Waals surface area contributed by atoms with Crippen LogP contribution in [0.5, 0.6) is 11.5 Å². The van der Waals surface area contributed by atoms with E-state index >= 15 is 0 Å². The maximum absolute atomic E-state index is 11.9. The normalized spacial score (nSPS) is 19.3. The summed E-state index contributed by atoms with van der Waals surface area (Å²) in [6.07, 6.45) is 4.02. The van der Waals surface area contributed by atoms with Crippen LogP contribution in [0.15, 0.2) is 48.5 Å². The van der Waals surface area contributed by atoms with Crippen molar-refractivity contribution in [3.8, 4) is 11.5 Å². The Labute approximate surface area is 153 Å². The van der Waals surface area contributed by atoms with Crippen LogP contribution in [-0.4, -0.2) is 12.6 Å². The first-order valence-electron chi connectivity index (χ1n) is 9.20. The molecule has 26 heavy (non-hydrogen) atoms. The molecule has 0 bridgehead atoms. The minimum Gasteiger partial charge on any atom is -0.485 e. The zero-order valence-corrected chi connectivity index (χ0v) is 14.6. The molecule has 0 aromatic heterocycles. The van der Waals surface area contributed by atoms with E-state index in [2.05, 4.69) is 5.48 Å². The van der Waals surface area contributed by atoms with Gasteiger partial charge in [-0.25, -0.2) is 0 Å². The van der Waals surface area contributed by atoms with Crippen molar-refractivity contribution in [2.24, 2.45) is 5.92 Å². The molecule has 0 amide bonds. The Hall–Kier alpha value is -2.53. The highest BCUT2D eigenvalue weighted by atomic mass is 16.7. The van der Waals surface area contributed by atoms with Crippen molar-refractivity contribution in [3.05, 3.63) is 59.7 Å². The molecule has 1 saturated carbocycles. The number of fused-ring (bicyclic) bond motifs is 1. The second kappa shape index (κ2) is 7.79. The molecule has 136 valence electrons. The molecule has 1 aliphatic carbocycles. The van der Waals surface area contributed by atoms with Gasteiger partial charge in [-0.2, -0.15) is 0 Å². The number of carbonyl (C=O) groups excluding carboxylic acids is 1. The van der Waals surface area contributed by atoms with Crippen molar-refractivity contribution >= 4 is 5.97 Å². The Kier molecular flexibility index (Phi) is 5.07. The van der Waals surface area contributed by atoms with Crippen molar-refractivity contribution in [2.75, 3.05) is 6.61 Å². The molecule has 1 heterocycles. The summed E-state index contributed by atoms with van der Waals surface area (Å²) in [5.74, 6) is 1.49. The molecule has 0 spiro atoms. The SMILES string of the molecule is O=C(ONCc1ccc([C@H]2COc3ccccc3O2)cc1)C1CCCC1. The summed E-state index contributed by atoms with van der Waals surface area (Å²) in [7, 11) is 0. The zero-order chi connectivity index (χ0) is 17.8. The Morgan fingerprint density at radius 3 is 2.54 bits per heavy atom.